The number of rotatable bonds is 3. The van der Waals surface area contributed by atoms with Gasteiger partial charge in [-0.1, -0.05) is 0 Å². The van der Waals surface area contributed by atoms with E-state index in [1.165, 1.54) is 18.2 Å². The monoisotopic (exact) mass is 301 g/mol. The van der Waals surface area contributed by atoms with Crippen LogP contribution in [0.15, 0.2) is 18.2 Å². The van der Waals surface area contributed by atoms with Crippen molar-refractivity contribution in [3.05, 3.63) is 29.3 Å². The molecule has 0 unspecified atom stereocenters. The highest BCUT2D eigenvalue weighted by molar-refractivity contribution is 6.22. The zero-order valence-corrected chi connectivity index (χ0v) is 10.5. The number of hydrogen-bond acceptors (Lipinski definition) is 4. The number of benzene rings is 1. The van der Waals surface area contributed by atoms with Gasteiger partial charge in [-0.25, -0.2) is 0 Å². The van der Waals surface area contributed by atoms with E-state index in [1.54, 1.807) is 5.32 Å². The third kappa shape index (κ3) is 3.12. The SMILES string of the molecule is Nc1ccc2c(c1)C(=O)N(CC(=O)NCC(F)(F)F)C2=O. The summed E-state index contributed by atoms with van der Waals surface area (Å²) in [4.78, 5) is 35.8. The largest absolute Gasteiger partial charge is 0.405 e. The summed E-state index contributed by atoms with van der Waals surface area (Å²) >= 11 is 0. The number of carbonyl (C=O) groups excluding carboxylic acids is 3. The molecule has 2 rings (SSSR count). The van der Waals surface area contributed by atoms with E-state index in [1.807, 2.05) is 0 Å². The Morgan fingerprint density at radius 3 is 2.43 bits per heavy atom. The smallest absolute Gasteiger partial charge is 0.399 e. The van der Waals surface area contributed by atoms with Gasteiger partial charge in [0.05, 0.1) is 11.1 Å². The fourth-order valence-corrected chi connectivity index (χ4v) is 1.85. The maximum atomic E-state index is 12.0. The molecular formula is C12H10F3N3O3. The standard InChI is InChI=1S/C12H10F3N3O3/c13-12(14,15)5-17-9(19)4-18-10(20)7-2-1-6(16)3-8(7)11(18)21/h1-3H,4-5,16H2,(H,17,19). The predicted octanol–water partition coefficient (Wildman–Crippen LogP) is 0.543. The lowest BCUT2D eigenvalue weighted by molar-refractivity contribution is -0.138. The number of carbonyl (C=O) groups is 3. The van der Waals surface area contributed by atoms with Gasteiger partial charge in [0.25, 0.3) is 11.8 Å². The lowest BCUT2D eigenvalue weighted by atomic mass is 10.1. The summed E-state index contributed by atoms with van der Waals surface area (Å²) < 4.78 is 35.9. The average Bonchev–Trinajstić information content (AvgIpc) is 2.60. The molecule has 0 aromatic heterocycles. The van der Waals surface area contributed by atoms with Gasteiger partial charge in [-0.05, 0) is 18.2 Å². The Kier molecular flexibility index (Phi) is 3.58. The molecule has 1 heterocycles. The van der Waals surface area contributed by atoms with Crippen LogP contribution in [0.1, 0.15) is 20.7 Å². The Balaban J connectivity index is 2.08. The Hall–Kier alpha value is -2.58. The van der Waals surface area contributed by atoms with Crippen molar-refractivity contribution in [1.82, 2.24) is 10.2 Å². The molecule has 0 spiro atoms. The van der Waals surface area contributed by atoms with Crippen LogP contribution < -0.4 is 11.1 Å². The lowest BCUT2D eigenvalue weighted by Gasteiger charge is -2.14. The van der Waals surface area contributed by atoms with Crippen molar-refractivity contribution < 1.29 is 27.6 Å². The van der Waals surface area contributed by atoms with Crippen molar-refractivity contribution in [2.24, 2.45) is 0 Å². The van der Waals surface area contributed by atoms with E-state index in [2.05, 4.69) is 0 Å². The minimum absolute atomic E-state index is 0.0311. The predicted molar refractivity (Wildman–Crippen MR) is 65.3 cm³/mol. The first-order valence-corrected chi connectivity index (χ1v) is 5.78. The minimum atomic E-state index is -4.56. The van der Waals surface area contributed by atoms with E-state index in [-0.39, 0.29) is 16.8 Å². The van der Waals surface area contributed by atoms with Crippen LogP contribution in [0.4, 0.5) is 18.9 Å². The Bertz CT molecular complexity index is 628. The van der Waals surface area contributed by atoms with E-state index < -0.39 is 37.0 Å². The van der Waals surface area contributed by atoms with Gasteiger partial charge >= 0.3 is 6.18 Å². The fourth-order valence-electron chi connectivity index (χ4n) is 1.85. The van der Waals surface area contributed by atoms with Gasteiger partial charge < -0.3 is 11.1 Å². The van der Waals surface area contributed by atoms with Gasteiger partial charge in [-0.15, -0.1) is 0 Å². The zero-order chi connectivity index (χ0) is 15.8. The molecule has 1 aliphatic heterocycles. The maximum Gasteiger partial charge on any atom is 0.405 e. The van der Waals surface area contributed by atoms with Crippen LogP contribution in [-0.4, -0.2) is 41.9 Å². The van der Waals surface area contributed by atoms with Crippen molar-refractivity contribution >= 4 is 23.4 Å². The molecule has 0 saturated heterocycles. The van der Waals surface area contributed by atoms with Crippen LogP contribution in [0, 0.1) is 0 Å². The Morgan fingerprint density at radius 2 is 1.81 bits per heavy atom. The molecule has 21 heavy (non-hydrogen) atoms. The number of imide groups is 1. The first-order chi connectivity index (χ1) is 9.69. The molecule has 6 nitrogen and oxygen atoms in total. The quantitative estimate of drug-likeness (QED) is 0.629. The van der Waals surface area contributed by atoms with Crippen molar-refractivity contribution in [3.63, 3.8) is 0 Å². The topological polar surface area (TPSA) is 92.5 Å². The average molecular weight is 301 g/mol. The highest BCUT2D eigenvalue weighted by atomic mass is 19.4. The molecule has 0 fully saturated rings. The second-order valence-electron chi connectivity index (χ2n) is 4.39. The molecule has 1 aromatic rings. The number of alkyl halides is 3. The molecule has 1 aliphatic rings. The molecule has 3 amide bonds. The Labute approximate surface area is 116 Å². The molecule has 9 heteroatoms. The van der Waals surface area contributed by atoms with Crippen LogP contribution in [-0.2, 0) is 4.79 Å². The number of nitrogen functional groups attached to an aromatic ring is 1. The van der Waals surface area contributed by atoms with Crippen LogP contribution in [0.5, 0.6) is 0 Å². The molecule has 112 valence electrons. The number of amides is 3. The first kappa shape index (κ1) is 14.8. The molecular weight excluding hydrogens is 291 g/mol. The van der Waals surface area contributed by atoms with Crippen LogP contribution >= 0.6 is 0 Å². The molecule has 0 radical (unpaired) electrons. The molecule has 3 N–H and O–H groups in total. The number of nitrogens with two attached hydrogens (primary N) is 1. The van der Waals surface area contributed by atoms with Crippen LogP contribution in [0.2, 0.25) is 0 Å². The molecule has 0 aliphatic carbocycles. The molecule has 0 saturated carbocycles. The molecule has 1 aromatic carbocycles. The summed E-state index contributed by atoms with van der Waals surface area (Å²) in [7, 11) is 0. The minimum Gasteiger partial charge on any atom is -0.399 e. The number of hydrogen-bond donors (Lipinski definition) is 2. The second-order valence-corrected chi connectivity index (χ2v) is 4.39. The van der Waals surface area contributed by atoms with Gasteiger partial charge in [0, 0.05) is 5.69 Å². The zero-order valence-electron chi connectivity index (χ0n) is 10.5. The van der Waals surface area contributed by atoms with E-state index in [4.69, 9.17) is 5.73 Å². The summed E-state index contributed by atoms with van der Waals surface area (Å²) in [6.07, 6.45) is -4.56. The van der Waals surface area contributed by atoms with Gasteiger partial charge in [0.15, 0.2) is 0 Å². The summed E-state index contributed by atoms with van der Waals surface area (Å²) in [6, 6.07) is 4.03. The van der Waals surface area contributed by atoms with E-state index in [0.717, 1.165) is 0 Å². The molecule has 0 bridgehead atoms. The van der Waals surface area contributed by atoms with Gasteiger partial charge in [0.2, 0.25) is 5.91 Å². The van der Waals surface area contributed by atoms with Gasteiger partial charge in [-0.3, -0.25) is 19.3 Å². The third-order valence-electron chi connectivity index (χ3n) is 2.78. The number of anilines is 1. The summed E-state index contributed by atoms with van der Waals surface area (Å²) in [5, 5.41) is 1.59. The van der Waals surface area contributed by atoms with Crippen LogP contribution in [0.3, 0.4) is 0 Å². The normalized spacial score (nSPS) is 14.3. The highest BCUT2D eigenvalue weighted by Crippen LogP contribution is 2.24. The first-order valence-electron chi connectivity index (χ1n) is 5.78. The molecule has 0 atom stereocenters. The fraction of sp³-hybridized carbons (Fsp3) is 0.250. The van der Waals surface area contributed by atoms with E-state index in [9.17, 15) is 27.6 Å². The number of halogens is 3. The Morgan fingerprint density at radius 1 is 1.19 bits per heavy atom. The van der Waals surface area contributed by atoms with Crippen molar-refractivity contribution in [2.75, 3.05) is 18.8 Å². The summed E-state index contributed by atoms with van der Waals surface area (Å²) in [5.74, 6) is -2.57. The number of nitrogens with one attached hydrogen (secondary N) is 1. The third-order valence-corrected chi connectivity index (χ3v) is 2.78. The van der Waals surface area contributed by atoms with E-state index in [0.29, 0.717) is 4.90 Å². The summed E-state index contributed by atoms with van der Waals surface area (Å²) in [5.41, 5.74) is 5.86. The van der Waals surface area contributed by atoms with Crippen molar-refractivity contribution in [3.8, 4) is 0 Å². The number of nitrogens with zero attached hydrogens (tertiary/aromatic N) is 1. The van der Waals surface area contributed by atoms with Gasteiger partial charge in [0.1, 0.15) is 13.1 Å². The van der Waals surface area contributed by atoms with E-state index >= 15 is 0 Å². The van der Waals surface area contributed by atoms with Crippen molar-refractivity contribution in [1.29, 1.82) is 0 Å². The lowest BCUT2D eigenvalue weighted by Crippen LogP contribution is -2.43. The summed E-state index contributed by atoms with van der Waals surface area (Å²) in [6.45, 7) is -2.30. The highest BCUT2D eigenvalue weighted by Gasteiger charge is 2.37. The second kappa shape index (κ2) is 5.08. The van der Waals surface area contributed by atoms with Crippen LogP contribution in [0.25, 0.3) is 0 Å². The number of fused-ring (bicyclic) bond motifs is 1. The van der Waals surface area contributed by atoms with Gasteiger partial charge in [-0.2, -0.15) is 13.2 Å². The maximum absolute atomic E-state index is 12.0. The van der Waals surface area contributed by atoms with Crippen molar-refractivity contribution in [2.45, 2.75) is 6.18 Å².